The molecule has 1 amide bonds. The van der Waals surface area contributed by atoms with Gasteiger partial charge in [-0.1, -0.05) is 31.0 Å². The molecule has 2 rings (SSSR count). The molecule has 0 aliphatic carbocycles. The molecule has 2 aromatic rings. The molecule has 1 heterocycles. The number of aryl methyl sites for hydroxylation is 2. The number of unbranched alkanes of at least 4 members (excludes halogenated alkanes) is 1. The van der Waals surface area contributed by atoms with Gasteiger partial charge < -0.3 is 10.6 Å². The highest BCUT2D eigenvalue weighted by atomic mass is 35.5. The zero-order valence-electron chi connectivity index (χ0n) is 13.6. The molecule has 1 aromatic heterocycles. The number of benzene rings is 1. The van der Waals surface area contributed by atoms with E-state index in [0.717, 1.165) is 29.8 Å². The molecule has 0 bridgehead atoms. The fourth-order valence-corrected chi connectivity index (χ4v) is 2.19. The Labute approximate surface area is 141 Å². The summed E-state index contributed by atoms with van der Waals surface area (Å²) in [6.45, 7) is 6.50. The highest BCUT2D eigenvalue weighted by Crippen LogP contribution is 2.22. The molecule has 0 saturated heterocycles. The minimum Gasteiger partial charge on any atom is -0.351 e. The summed E-state index contributed by atoms with van der Waals surface area (Å²) in [5, 5.41) is 6.61. The number of carbonyl (C=O) groups is 1. The van der Waals surface area contributed by atoms with Crippen LogP contribution in [0.2, 0.25) is 5.02 Å². The van der Waals surface area contributed by atoms with Crippen molar-refractivity contribution < 1.29 is 4.79 Å². The van der Waals surface area contributed by atoms with Gasteiger partial charge in [0, 0.05) is 22.9 Å². The van der Waals surface area contributed by atoms with E-state index in [9.17, 15) is 4.79 Å². The predicted molar refractivity (Wildman–Crippen MR) is 93.5 cm³/mol. The smallest absolute Gasteiger partial charge is 0.270 e. The molecular formula is C17H21ClN4O. The number of amides is 1. The summed E-state index contributed by atoms with van der Waals surface area (Å²) in [6.07, 6.45) is 1.98. The van der Waals surface area contributed by atoms with Gasteiger partial charge in [0.2, 0.25) is 5.95 Å². The Bertz CT molecular complexity index is 703. The van der Waals surface area contributed by atoms with Gasteiger partial charge in [0.1, 0.15) is 5.69 Å². The molecule has 0 atom stereocenters. The van der Waals surface area contributed by atoms with Crippen LogP contribution in [0.25, 0.3) is 0 Å². The zero-order valence-corrected chi connectivity index (χ0v) is 14.4. The highest BCUT2D eigenvalue weighted by Gasteiger charge is 2.10. The molecule has 0 spiro atoms. The molecule has 0 unspecified atom stereocenters. The fourth-order valence-electron chi connectivity index (χ4n) is 2.01. The standard InChI is InChI=1S/C17H21ClN4O/c1-4-5-8-19-16(23)15-9-12(3)20-17(22-15)21-13-7-6-11(2)14(18)10-13/h6-7,9-10H,4-5,8H2,1-3H3,(H,19,23)(H,20,21,22). The lowest BCUT2D eigenvalue weighted by Crippen LogP contribution is -2.25. The first-order valence-corrected chi connectivity index (χ1v) is 8.04. The maximum atomic E-state index is 12.1. The van der Waals surface area contributed by atoms with Crippen LogP contribution in [-0.2, 0) is 0 Å². The molecule has 23 heavy (non-hydrogen) atoms. The summed E-state index contributed by atoms with van der Waals surface area (Å²) in [5.74, 6) is 0.194. The zero-order chi connectivity index (χ0) is 16.8. The van der Waals surface area contributed by atoms with Gasteiger partial charge in [-0.25, -0.2) is 9.97 Å². The molecule has 0 radical (unpaired) electrons. The van der Waals surface area contributed by atoms with Crippen LogP contribution >= 0.6 is 11.6 Å². The van der Waals surface area contributed by atoms with E-state index < -0.39 is 0 Å². The lowest BCUT2D eigenvalue weighted by atomic mass is 10.2. The van der Waals surface area contributed by atoms with Gasteiger partial charge >= 0.3 is 0 Å². The van der Waals surface area contributed by atoms with E-state index in [2.05, 4.69) is 27.5 Å². The SMILES string of the molecule is CCCCNC(=O)c1cc(C)nc(Nc2ccc(C)c(Cl)c2)n1. The maximum Gasteiger partial charge on any atom is 0.270 e. The van der Waals surface area contributed by atoms with Crippen molar-refractivity contribution in [1.82, 2.24) is 15.3 Å². The Morgan fingerprint density at radius 3 is 2.70 bits per heavy atom. The van der Waals surface area contributed by atoms with E-state index in [0.29, 0.717) is 23.2 Å². The van der Waals surface area contributed by atoms with Gasteiger partial charge in [-0.3, -0.25) is 4.79 Å². The third kappa shape index (κ3) is 4.93. The van der Waals surface area contributed by atoms with Gasteiger partial charge in [-0.15, -0.1) is 0 Å². The second-order valence-corrected chi connectivity index (χ2v) is 5.82. The summed E-state index contributed by atoms with van der Waals surface area (Å²) >= 11 is 6.12. The number of nitrogens with zero attached hydrogens (tertiary/aromatic N) is 2. The van der Waals surface area contributed by atoms with Crippen molar-refractivity contribution in [3.63, 3.8) is 0 Å². The van der Waals surface area contributed by atoms with E-state index in [4.69, 9.17) is 11.6 Å². The van der Waals surface area contributed by atoms with Crippen LogP contribution in [-0.4, -0.2) is 22.4 Å². The van der Waals surface area contributed by atoms with Crippen LogP contribution in [0.1, 0.15) is 41.5 Å². The van der Waals surface area contributed by atoms with Crippen molar-refractivity contribution in [3.8, 4) is 0 Å². The Kier molecular flexibility index (Phi) is 5.93. The minimum absolute atomic E-state index is 0.186. The second-order valence-electron chi connectivity index (χ2n) is 5.42. The average Bonchev–Trinajstić information content (AvgIpc) is 2.50. The molecule has 6 heteroatoms. The Hall–Kier alpha value is -2.14. The monoisotopic (exact) mass is 332 g/mol. The Morgan fingerprint density at radius 1 is 1.22 bits per heavy atom. The van der Waals surface area contributed by atoms with E-state index in [-0.39, 0.29) is 5.91 Å². The third-order valence-electron chi connectivity index (χ3n) is 3.33. The molecule has 0 aliphatic rings. The molecule has 5 nitrogen and oxygen atoms in total. The number of halogens is 1. The summed E-state index contributed by atoms with van der Waals surface area (Å²) in [7, 11) is 0. The quantitative estimate of drug-likeness (QED) is 0.784. The van der Waals surface area contributed by atoms with Gasteiger partial charge in [0.05, 0.1) is 0 Å². The largest absolute Gasteiger partial charge is 0.351 e. The Morgan fingerprint density at radius 2 is 2.00 bits per heavy atom. The number of rotatable bonds is 6. The third-order valence-corrected chi connectivity index (χ3v) is 3.74. The van der Waals surface area contributed by atoms with Crippen molar-refractivity contribution >= 4 is 29.1 Å². The number of anilines is 2. The highest BCUT2D eigenvalue weighted by molar-refractivity contribution is 6.31. The van der Waals surface area contributed by atoms with E-state index in [1.165, 1.54) is 0 Å². The van der Waals surface area contributed by atoms with Crippen molar-refractivity contribution in [3.05, 3.63) is 46.2 Å². The summed E-state index contributed by atoms with van der Waals surface area (Å²) in [5.41, 5.74) is 2.86. The van der Waals surface area contributed by atoms with Crippen LogP contribution in [0.15, 0.2) is 24.3 Å². The molecule has 2 N–H and O–H groups in total. The molecule has 0 saturated carbocycles. The van der Waals surface area contributed by atoms with Crippen molar-refractivity contribution in [1.29, 1.82) is 0 Å². The molecular weight excluding hydrogens is 312 g/mol. The van der Waals surface area contributed by atoms with Crippen LogP contribution < -0.4 is 10.6 Å². The first-order valence-electron chi connectivity index (χ1n) is 7.66. The number of aromatic nitrogens is 2. The van der Waals surface area contributed by atoms with E-state index in [1.54, 1.807) is 6.07 Å². The normalized spacial score (nSPS) is 10.4. The first kappa shape index (κ1) is 17.2. The van der Waals surface area contributed by atoms with Gasteiger partial charge in [0.15, 0.2) is 0 Å². The number of nitrogens with one attached hydrogen (secondary N) is 2. The molecule has 122 valence electrons. The number of hydrogen-bond acceptors (Lipinski definition) is 4. The van der Waals surface area contributed by atoms with Crippen LogP contribution in [0.3, 0.4) is 0 Å². The van der Waals surface area contributed by atoms with Crippen molar-refractivity contribution in [2.24, 2.45) is 0 Å². The molecule has 1 aromatic carbocycles. The summed E-state index contributed by atoms with van der Waals surface area (Å²) in [6, 6.07) is 7.30. The fraction of sp³-hybridized carbons (Fsp3) is 0.353. The number of hydrogen-bond donors (Lipinski definition) is 2. The summed E-state index contributed by atoms with van der Waals surface area (Å²) in [4.78, 5) is 20.7. The van der Waals surface area contributed by atoms with E-state index in [1.807, 2.05) is 32.0 Å². The molecule has 0 aliphatic heterocycles. The number of carbonyl (C=O) groups excluding carboxylic acids is 1. The van der Waals surface area contributed by atoms with Gasteiger partial charge in [-0.05, 0) is 44.0 Å². The van der Waals surface area contributed by atoms with Crippen LogP contribution in [0.5, 0.6) is 0 Å². The average molecular weight is 333 g/mol. The lowest BCUT2D eigenvalue weighted by molar-refractivity contribution is 0.0948. The summed E-state index contributed by atoms with van der Waals surface area (Å²) < 4.78 is 0. The van der Waals surface area contributed by atoms with Crippen molar-refractivity contribution in [2.45, 2.75) is 33.6 Å². The van der Waals surface area contributed by atoms with E-state index >= 15 is 0 Å². The maximum absolute atomic E-state index is 12.1. The Balaban J connectivity index is 2.16. The first-order chi connectivity index (χ1) is 11.0. The van der Waals surface area contributed by atoms with Crippen LogP contribution in [0.4, 0.5) is 11.6 Å². The van der Waals surface area contributed by atoms with Crippen molar-refractivity contribution in [2.75, 3.05) is 11.9 Å². The van der Waals surface area contributed by atoms with Crippen LogP contribution in [0, 0.1) is 13.8 Å². The van der Waals surface area contributed by atoms with Gasteiger partial charge in [-0.2, -0.15) is 0 Å². The predicted octanol–water partition coefficient (Wildman–Crippen LogP) is 4.02. The lowest BCUT2D eigenvalue weighted by Gasteiger charge is -2.09. The second kappa shape index (κ2) is 7.92. The minimum atomic E-state index is -0.186. The topological polar surface area (TPSA) is 66.9 Å². The van der Waals surface area contributed by atoms with Gasteiger partial charge in [0.25, 0.3) is 5.91 Å². The molecule has 0 fully saturated rings.